The van der Waals surface area contributed by atoms with E-state index < -0.39 is 0 Å². The molecule has 1 aromatic carbocycles. The van der Waals surface area contributed by atoms with E-state index in [0.29, 0.717) is 0 Å². The molecule has 2 atom stereocenters. The molecule has 4 rings (SSSR count). The highest BCUT2D eigenvalue weighted by Gasteiger charge is 2.43. The van der Waals surface area contributed by atoms with Gasteiger partial charge in [0, 0.05) is 17.0 Å². The predicted octanol–water partition coefficient (Wildman–Crippen LogP) is 3.64. The highest BCUT2D eigenvalue weighted by molar-refractivity contribution is 5.84. The summed E-state index contributed by atoms with van der Waals surface area (Å²) in [7, 11) is 2.16. The molecule has 2 unspecified atom stereocenters. The van der Waals surface area contributed by atoms with Crippen molar-refractivity contribution in [2.75, 3.05) is 0 Å². The first-order valence-corrected chi connectivity index (χ1v) is 7.02. The molecule has 94 valence electrons. The molecule has 0 N–H and O–H groups in total. The van der Waals surface area contributed by atoms with Crippen LogP contribution < -0.4 is 4.57 Å². The summed E-state index contributed by atoms with van der Waals surface area (Å²) in [6.45, 7) is 2.25. The first kappa shape index (κ1) is 11.0. The van der Waals surface area contributed by atoms with E-state index in [1.54, 1.807) is 5.57 Å². The molecule has 2 aliphatic rings. The van der Waals surface area contributed by atoms with Crippen LogP contribution in [0.2, 0.25) is 0 Å². The molecule has 19 heavy (non-hydrogen) atoms. The minimum atomic E-state index is 0.761. The van der Waals surface area contributed by atoms with Crippen molar-refractivity contribution in [2.45, 2.75) is 13.3 Å². The second kappa shape index (κ2) is 3.80. The van der Waals surface area contributed by atoms with E-state index in [0.717, 1.165) is 11.8 Å². The summed E-state index contributed by atoms with van der Waals surface area (Å²) >= 11 is 0. The number of hydrogen-bond acceptors (Lipinski definition) is 0. The average Bonchev–Trinajstić information content (AvgIpc) is 3.18. The molecule has 1 nitrogen and oxygen atoms in total. The van der Waals surface area contributed by atoms with Crippen LogP contribution in [-0.2, 0) is 7.05 Å². The number of aromatic nitrogens is 1. The van der Waals surface area contributed by atoms with Gasteiger partial charge in [0.25, 0.3) is 0 Å². The van der Waals surface area contributed by atoms with Crippen LogP contribution in [0.15, 0.2) is 54.3 Å². The Balaban J connectivity index is 1.96. The van der Waals surface area contributed by atoms with E-state index in [-0.39, 0.29) is 0 Å². The van der Waals surface area contributed by atoms with Gasteiger partial charge in [0.05, 0.1) is 0 Å². The quantitative estimate of drug-likeness (QED) is 0.678. The van der Waals surface area contributed by atoms with Gasteiger partial charge in [-0.1, -0.05) is 30.4 Å². The first-order valence-electron chi connectivity index (χ1n) is 7.02. The van der Waals surface area contributed by atoms with Crippen LogP contribution in [0.3, 0.4) is 0 Å². The van der Waals surface area contributed by atoms with Gasteiger partial charge < -0.3 is 0 Å². The monoisotopic (exact) mass is 248 g/mol. The Hall–Kier alpha value is -1.89. The highest BCUT2D eigenvalue weighted by atomic mass is 14.9. The van der Waals surface area contributed by atoms with Gasteiger partial charge in [-0.05, 0) is 42.2 Å². The van der Waals surface area contributed by atoms with Gasteiger partial charge in [-0.25, -0.2) is 4.57 Å². The van der Waals surface area contributed by atoms with Crippen LogP contribution in [0.5, 0.6) is 0 Å². The average molecular weight is 248 g/mol. The van der Waals surface area contributed by atoms with Crippen LogP contribution in [0, 0.1) is 11.8 Å². The van der Waals surface area contributed by atoms with E-state index >= 15 is 0 Å². The van der Waals surface area contributed by atoms with Crippen LogP contribution in [0.1, 0.15) is 19.0 Å². The molecule has 0 saturated heterocycles. The Morgan fingerprint density at radius 3 is 2.79 bits per heavy atom. The number of allylic oxidation sites excluding steroid dienone is 4. The van der Waals surface area contributed by atoms with Gasteiger partial charge >= 0.3 is 0 Å². The fourth-order valence-corrected chi connectivity index (χ4v) is 3.36. The summed E-state index contributed by atoms with van der Waals surface area (Å²) in [6, 6.07) is 11.0. The SMILES string of the molecule is CC1=C(c2cc3ccccc3c[n+]2C)C2CC2C=C1. The van der Waals surface area contributed by atoms with Gasteiger partial charge in [0.15, 0.2) is 6.20 Å². The molecule has 2 aromatic rings. The van der Waals surface area contributed by atoms with Crippen molar-refractivity contribution in [1.82, 2.24) is 0 Å². The number of rotatable bonds is 1. The van der Waals surface area contributed by atoms with Crippen molar-refractivity contribution in [1.29, 1.82) is 0 Å². The summed E-state index contributed by atoms with van der Waals surface area (Å²) in [4.78, 5) is 0. The molecule has 1 aromatic heterocycles. The maximum absolute atomic E-state index is 2.38. The lowest BCUT2D eigenvalue weighted by Gasteiger charge is -2.12. The summed E-state index contributed by atoms with van der Waals surface area (Å²) in [5.74, 6) is 1.56. The number of hydrogen-bond donors (Lipinski definition) is 0. The maximum atomic E-state index is 2.38. The van der Waals surface area contributed by atoms with Crippen molar-refractivity contribution < 1.29 is 4.57 Å². The van der Waals surface area contributed by atoms with Gasteiger partial charge in [-0.2, -0.15) is 0 Å². The third-order valence-corrected chi connectivity index (χ3v) is 4.51. The Morgan fingerprint density at radius 1 is 1.16 bits per heavy atom. The molecule has 0 spiro atoms. The van der Waals surface area contributed by atoms with Crippen molar-refractivity contribution in [3.63, 3.8) is 0 Å². The third-order valence-electron chi connectivity index (χ3n) is 4.51. The van der Waals surface area contributed by atoms with Gasteiger partial charge in [-0.15, -0.1) is 0 Å². The van der Waals surface area contributed by atoms with E-state index in [9.17, 15) is 0 Å². The molecule has 1 saturated carbocycles. The van der Waals surface area contributed by atoms with Crippen molar-refractivity contribution >= 4 is 16.3 Å². The summed E-state index contributed by atoms with van der Waals surface area (Å²) in [5, 5.41) is 2.65. The van der Waals surface area contributed by atoms with E-state index in [1.807, 2.05) is 0 Å². The Morgan fingerprint density at radius 2 is 1.95 bits per heavy atom. The number of nitrogens with zero attached hydrogens (tertiary/aromatic N) is 1. The molecular formula is C18H18N+. The lowest BCUT2D eigenvalue weighted by molar-refractivity contribution is -0.672. The minimum absolute atomic E-state index is 0.761. The normalized spacial score (nSPS) is 24.7. The van der Waals surface area contributed by atoms with Gasteiger partial charge in [-0.3, -0.25) is 0 Å². The molecule has 1 heteroatoms. The number of pyridine rings is 1. The number of fused-ring (bicyclic) bond motifs is 2. The van der Waals surface area contributed by atoms with Crippen molar-refractivity contribution in [3.05, 3.63) is 59.9 Å². The van der Waals surface area contributed by atoms with E-state index in [2.05, 4.69) is 67.2 Å². The van der Waals surface area contributed by atoms with Crippen LogP contribution >= 0.6 is 0 Å². The summed E-state index contributed by atoms with van der Waals surface area (Å²) in [6.07, 6.45) is 8.26. The molecule has 0 radical (unpaired) electrons. The first-order chi connectivity index (χ1) is 9.24. The summed E-state index contributed by atoms with van der Waals surface area (Å²) in [5.41, 5.74) is 4.37. The Bertz CT molecular complexity index is 736. The third kappa shape index (κ3) is 1.65. The number of aryl methyl sites for hydroxylation is 1. The number of benzene rings is 1. The van der Waals surface area contributed by atoms with E-state index in [1.165, 1.54) is 28.5 Å². The standard InChI is InChI=1S/C18H18N/c1-12-7-8-14-9-16(14)18(12)17-10-13-5-3-4-6-15(13)11-19(17)2/h3-8,10-11,14,16H,9H2,1-2H3/q+1. The van der Waals surface area contributed by atoms with Crippen LogP contribution in [0.4, 0.5) is 0 Å². The maximum Gasteiger partial charge on any atom is 0.209 e. The molecule has 0 amide bonds. The Kier molecular flexibility index (Phi) is 2.20. The topological polar surface area (TPSA) is 3.88 Å². The van der Waals surface area contributed by atoms with E-state index in [4.69, 9.17) is 0 Å². The second-order valence-corrected chi connectivity index (χ2v) is 5.86. The van der Waals surface area contributed by atoms with Crippen molar-refractivity contribution in [2.24, 2.45) is 18.9 Å². The molecule has 0 aliphatic heterocycles. The zero-order chi connectivity index (χ0) is 13.0. The largest absolute Gasteiger partial charge is 0.209 e. The second-order valence-electron chi connectivity index (χ2n) is 5.86. The van der Waals surface area contributed by atoms with Gasteiger partial charge in [0.2, 0.25) is 5.69 Å². The molecule has 2 aliphatic carbocycles. The molecule has 0 bridgehead atoms. The molecule has 1 fully saturated rings. The lowest BCUT2D eigenvalue weighted by atomic mass is 9.94. The fraction of sp³-hybridized carbons (Fsp3) is 0.278. The lowest BCUT2D eigenvalue weighted by Crippen LogP contribution is -2.33. The Labute approximate surface area is 113 Å². The minimum Gasteiger partial charge on any atom is -0.201 e. The summed E-state index contributed by atoms with van der Waals surface area (Å²) < 4.78 is 2.29. The smallest absolute Gasteiger partial charge is 0.201 e. The molecule has 1 heterocycles. The zero-order valence-electron chi connectivity index (χ0n) is 11.4. The fourth-order valence-electron chi connectivity index (χ4n) is 3.36. The zero-order valence-corrected chi connectivity index (χ0v) is 11.4. The van der Waals surface area contributed by atoms with Crippen LogP contribution in [0.25, 0.3) is 16.3 Å². The predicted molar refractivity (Wildman–Crippen MR) is 78.5 cm³/mol. The van der Waals surface area contributed by atoms with Gasteiger partial charge in [0.1, 0.15) is 7.05 Å². The molecular weight excluding hydrogens is 230 g/mol. The van der Waals surface area contributed by atoms with Crippen LogP contribution in [-0.4, -0.2) is 0 Å². The van der Waals surface area contributed by atoms with Crippen molar-refractivity contribution in [3.8, 4) is 0 Å². The highest BCUT2D eigenvalue weighted by Crippen LogP contribution is 2.52.